The summed E-state index contributed by atoms with van der Waals surface area (Å²) in [6.45, 7) is 4.84. The fourth-order valence-corrected chi connectivity index (χ4v) is 5.44. The van der Waals surface area contributed by atoms with Crippen molar-refractivity contribution >= 4 is 23.2 Å². The molecule has 2 aliphatic heterocycles. The summed E-state index contributed by atoms with van der Waals surface area (Å²) in [6.07, 6.45) is 5.49. The average molecular weight is 423 g/mol. The van der Waals surface area contributed by atoms with Gasteiger partial charge in [0, 0.05) is 43.7 Å². The van der Waals surface area contributed by atoms with Crippen LogP contribution in [0.4, 0.5) is 0 Å². The molecule has 2 atom stereocenters. The number of nitrogens with zero attached hydrogens (tertiary/aromatic N) is 4. The van der Waals surface area contributed by atoms with E-state index < -0.39 is 0 Å². The topological polar surface area (TPSA) is 56.8 Å². The number of imide groups is 1. The number of allylic oxidation sites excluding steroid dienone is 2. The normalized spacial score (nSPS) is 25.1. The predicted octanol–water partition coefficient (Wildman–Crippen LogP) is 2.84. The molecule has 0 N–H and O–H groups in total. The van der Waals surface area contributed by atoms with Crippen molar-refractivity contribution < 1.29 is 9.59 Å². The Labute approximate surface area is 180 Å². The second-order valence-electron chi connectivity index (χ2n) is 8.31. The number of aromatic nitrogens is 1. The van der Waals surface area contributed by atoms with Crippen LogP contribution >= 0.6 is 11.3 Å². The van der Waals surface area contributed by atoms with Gasteiger partial charge in [0.25, 0.3) is 0 Å². The number of carbonyl (C=O) groups is 2. The molecule has 0 spiro atoms. The lowest BCUT2D eigenvalue weighted by atomic mass is 9.85. The molecule has 5 rings (SSSR count). The first-order chi connectivity index (χ1) is 14.7. The van der Waals surface area contributed by atoms with Crippen LogP contribution in [0.25, 0.3) is 10.6 Å². The van der Waals surface area contributed by atoms with E-state index in [0.29, 0.717) is 19.5 Å². The maximum atomic E-state index is 12.7. The Balaban J connectivity index is 1.13. The van der Waals surface area contributed by atoms with Gasteiger partial charge in [0.2, 0.25) is 11.8 Å². The molecule has 1 aromatic carbocycles. The largest absolute Gasteiger partial charge is 0.295 e. The molecule has 0 bridgehead atoms. The molecule has 1 aliphatic carbocycles. The van der Waals surface area contributed by atoms with Crippen LogP contribution in [0.2, 0.25) is 0 Å². The molecule has 1 aromatic heterocycles. The number of carbonyl (C=O) groups excluding carboxylic acids is 2. The Kier molecular flexibility index (Phi) is 5.50. The van der Waals surface area contributed by atoms with Crippen molar-refractivity contribution in [3.63, 3.8) is 0 Å². The third-order valence-corrected chi connectivity index (χ3v) is 7.30. The molecule has 3 heterocycles. The van der Waals surface area contributed by atoms with Gasteiger partial charge >= 0.3 is 0 Å². The summed E-state index contributed by atoms with van der Waals surface area (Å²) < 4.78 is 0. The van der Waals surface area contributed by atoms with Crippen molar-refractivity contribution in [3.05, 3.63) is 53.6 Å². The molecule has 0 saturated carbocycles. The van der Waals surface area contributed by atoms with Crippen molar-refractivity contribution in [1.29, 1.82) is 0 Å². The van der Waals surface area contributed by atoms with Crippen LogP contribution in [-0.4, -0.2) is 64.3 Å². The highest BCUT2D eigenvalue weighted by molar-refractivity contribution is 7.13. The van der Waals surface area contributed by atoms with E-state index >= 15 is 0 Å². The van der Waals surface area contributed by atoms with Gasteiger partial charge in [-0.15, -0.1) is 11.3 Å². The summed E-state index contributed by atoms with van der Waals surface area (Å²) in [5.41, 5.74) is 2.27. The fourth-order valence-electron chi connectivity index (χ4n) is 4.62. The molecular weight excluding hydrogens is 396 g/mol. The van der Waals surface area contributed by atoms with Crippen LogP contribution in [0.5, 0.6) is 0 Å². The predicted molar refractivity (Wildman–Crippen MR) is 116 cm³/mol. The monoisotopic (exact) mass is 422 g/mol. The van der Waals surface area contributed by atoms with Crippen LogP contribution in [0.1, 0.15) is 18.5 Å². The van der Waals surface area contributed by atoms with Crippen LogP contribution in [0, 0.1) is 11.8 Å². The maximum absolute atomic E-state index is 12.7. The highest BCUT2D eigenvalue weighted by atomic mass is 32.1. The van der Waals surface area contributed by atoms with Gasteiger partial charge in [0.05, 0.1) is 24.2 Å². The maximum Gasteiger partial charge on any atom is 0.234 e. The lowest BCUT2D eigenvalue weighted by Gasteiger charge is -2.35. The first kappa shape index (κ1) is 19.6. The van der Waals surface area contributed by atoms with Gasteiger partial charge < -0.3 is 0 Å². The Morgan fingerprint density at radius 2 is 1.53 bits per heavy atom. The van der Waals surface area contributed by atoms with Gasteiger partial charge in [-0.2, -0.15) is 0 Å². The molecular formula is C23H26N4O2S. The summed E-state index contributed by atoms with van der Waals surface area (Å²) >= 11 is 1.69. The molecule has 7 heteroatoms. The highest BCUT2D eigenvalue weighted by Crippen LogP contribution is 2.35. The third kappa shape index (κ3) is 3.85. The Morgan fingerprint density at radius 3 is 2.20 bits per heavy atom. The number of likely N-dealkylation sites (tertiary alicyclic amines) is 1. The minimum Gasteiger partial charge on any atom is -0.295 e. The number of benzene rings is 1. The molecule has 2 fully saturated rings. The Hall–Kier alpha value is -2.35. The number of thiazole rings is 1. The van der Waals surface area contributed by atoms with E-state index in [9.17, 15) is 9.59 Å². The Bertz CT molecular complexity index is 923. The second-order valence-corrected chi connectivity index (χ2v) is 9.16. The molecule has 2 amide bonds. The van der Waals surface area contributed by atoms with E-state index in [1.165, 1.54) is 4.90 Å². The van der Waals surface area contributed by atoms with Crippen LogP contribution in [0.15, 0.2) is 47.9 Å². The van der Waals surface area contributed by atoms with Crippen LogP contribution in [0.3, 0.4) is 0 Å². The third-order valence-electron chi connectivity index (χ3n) is 6.36. The zero-order valence-corrected chi connectivity index (χ0v) is 17.8. The van der Waals surface area contributed by atoms with E-state index in [0.717, 1.165) is 49.0 Å². The first-order valence-corrected chi connectivity index (χ1v) is 11.5. The molecule has 3 aliphatic rings. The van der Waals surface area contributed by atoms with Gasteiger partial charge in [-0.25, -0.2) is 4.98 Å². The molecule has 30 heavy (non-hydrogen) atoms. The quantitative estimate of drug-likeness (QED) is 0.548. The minimum atomic E-state index is -0.132. The van der Waals surface area contributed by atoms with Gasteiger partial charge in [-0.05, 0) is 12.8 Å². The van der Waals surface area contributed by atoms with E-state index in [4.69, 9.17) is 4.98 Å². The molecule has 0 unspecified atom stereocenters. The highest BCUT2D eigenvalue weighted by Gasteiger charge is 2.47. The van der Waals surface area contributed by atoms with Gasteiger partial charge in [0.15, 0.2) is 0 Å². The first-order valence-electron chi connectivity index (χ1n) is 10.6. The number of hydrogen-bond acceptors (Lipinski definition) is 6. The number of hydrogen-bond donors (Lipinski definition) is 0. The number of fused-ring (bicyclic) bond motifs is 1. The van der Waals surface area contributed by atoms with Gasteiger partial charge in [-0.3, -0.25) is 24.3 Å². The van der Waals surface area contributed by atoms with E-state index in [1.54, 1.807) is 11.3 Å². The van der Waals surface area contributed by atoms with E-state index in [2.05, 4.69) is 27.3 Å². The molecule has 2 saturated heterocycles. The SMILES string of the molecule is O=C1[C@H]2CC=CC[C@H]2C(=O)N1CN1CCN(Cc2csc(-c3ccccc3)n2)CC1. The lowest BCUT2D eigenvalue weighted by molar-refractivity contribution is -0.142. The van der Waals surface area contributed by atoms with Crippen LogP contribution in [-0.2, 0) is 16.1 Å². The van der Waals surface area contributed by atoms with Gasteiger partial charge in [-0.1, -0.05) is 42.5 Å². The fraction of sp³-hybridized carbons (Fsp3) is 0.435. The average Bonchev–Trinajstić information content (AvgIpc) is 3.35. The zero-order chi connectivity index (χ0) is 20.5. The summed E-state index contributed by atoms with van der Waals surface area (Å²) in [7, 11) is 0. The molecule has 0 radical (unpaired) electrons. The summed E-state index contributed by atoms with van der Waals surface area (Å²) in [4.78, 5) is 36.3. The standard InChI is InChI=1S/C23H26N4O2S/c28-22-19-8-4-5-9-20(19)23(29)27(22)16-26-12-10-25(11-13-26)14-18-15-30-21(24-18)17-6-2-1-3-7-17/h1-7,15,19-20H,8-14,16H2/t19-,20+. The molecule has 156 valence electrons. The van der Waals surface area contributed by atoms with Crippen molar-refractivity contribution in [3.8, 4) is 10.6 Å². The minimum absolute atomic E-state index is 0.0210. The summed E-state index contributed by atoms with van der Waals surface area (Å²) in [6, 6.07) is 10.3. The summed E-state index contributed by atoms with van der Waals surface area (Å²) in [5.74, 6) is -0.222. The van der Waals surface area contributed by atoms with E-state index in [1.807, 2.05) is 30.4 Å². The van der Waals surface area contributed by atoms with Crippen molar-refractivity contribution in [2.45, 2.75) is 19.4 Å². The molecule has 6 nitrogen and oxygen atoms in total. The van der Waals surface area contributed by atoms with E-state index in [-0.39, 0.29) is 23.7 Å². The number of amides is 2. The number of rotatable bonds is 5. The van der Waals surface area contributed by atoms with Crippen LogP contribution < -0.4 is 0 Å². The second kappa shape index (κ2) is 8.41. The molecule has 2 aromatic rings. The van der Waals surface area contributed by atoms with Gasteiger partial charge in [0.1, 0.15) is 5.01 Å². The van der Waals surface area contributed by atoms with Crippen molar-refractivity contribution in [2.75, 3.05) is 32.8 Å². The summed E-state index contributed by atoms with van der Waals surface area (Å²) in [5, 5.41) is 3.21. The van der Waals surface area contributed by atoms with Crippen molar-refractivity contribution in [1.82, 2.24) is 19.7 Å². The lowest BCUT2D eigenvalue weighted by Crippen LogP contribution is -2.51. The zero-order valence-electron chi connectivity index (χ0n) is 16.9. The Morgan fingerprint density at radius 1 is 0.900 bits per heavy atom. The van der Waals surface area contributed by atoms with Crippen molar-refractivity contribution in [2.24, 2.45) is 11.8 Å². The smallest absolute Gasteiger partial charge is 0.234 e. The number of piperazine rings is 1.